The van der Waals surface area contributed by atoms with Crippen LogP contribution in [0.4, 0.5) is 0 Å². The maximum Gasteiger partial charge on any atom is 0.0207 e. The number of rotatable bonds is 9. The Kier molecular flexibility index (Phi) is 8.40. The van der Waals surface area contributed by atoms with Crippen molar-refractivity contribution in [3.63, 3.8) is 0 Å². The molecule has 0 aliphatic rings. The Balaban J connectivity index is 2.70. The zero-order valence-corrected chi connectivity index (χ0v) is 14.2. The second kappa shape index (κ2) is 9.55. The number of halogens is 1. The van der Waals surface area contributed by atoms with E-state index in [-0.39, 0.29) is 0 Å². The molecule has 0 saturated carbocycles. The molecule has 0 saturated heterocycles. The van der Waals surface area contributed by atoms with E-state index in [1.807, 2.05) is 0 Å². The van der Waals surface area contributed by atoms with Gasteiger partial charge in [-0.15, -0.1) is 0 Å². The van der Waals surface area contributed by atoms with Crippen LogP contribution in [0.25, 0.3) is 0 Å². The minimum atomic E-state index is 0.736. The van der Waals surface area contributed by atoms with Crippen LogP contribution in [0.15, 0.2) is 28.7 Å². The molecule has 1 aromatic carbocycles. The highest BCUT2D eigenvalue weighted by atomic mass is 79.9. The fourth-order valence-electron chi connectivity index (χ4n) is 2.77. The van der Waals surface area contributed by atoms with Crippen molar-refractivity contribution in [2.75, 3.05) is 13.1 Å². The van der Waals surface area contributed by atoms with E-state index in [0.717, 1.165) is 24.9 Å². The lowest BCUT2D eigenvalue weighted by Gasteiger charge is -2.26. The van der Waals surface area contributed by atoms with Crippen molar-refractivity contribution in [1.82, 2.24) is 5.32 Å². The van der Waals surface area contributed by atoms with Gasteiger partial charge in [-0.1, -0.05) is 67.7 Å². The standard InChI is InChI=1S/C17H28BrN/c1-4-11-19-13-16(14(5-2)6-3)12-15-9-7-8-10-17(15)18/h7-10,14,16,19H,4-6,11-13H2,1-3H3. The zero-order chi connectivity index (χ0) is 14.1. The number of benzene rings is 1. The van der Waals surface area contributed by atoms with Crippen molar-refractivity contribution >= 4 is 15.9 Å². The van der Waals surface area contributed by atoms with Crippen LogP contribution in [0.3, 0.4) is 0 Å². The summed E-state index contributed by atoms with van der Waals surface area (Å²) in [5.41, 5.74) is 1.44. The number of hydrogen-bond acceptors (Lipinski definition) is 1. The van der Waals surface area contributed by atoms with E-state index < -0.39 is 0 Å². The molecule has 2 heteroatoms. The van der Waals surface area contributed by atoms with Gasteiger partial charge in [-0.2, -0.15) is 0 Å². The Labute approximate surface area is 127 Å². The highest BCUT2D eigenvalue weighted by Gasteiger charge is 2.19. The second-order valence-corrected chi connectivity index (χ2v) is 6.19. The van der Waals surface area contributed by atoms with Crippen LogP contribution < -0.4 is 5.32 Å². The topological polar surface area (TPSA) is 12.0 Å². The molecule has 0 aromatic heterocycles. The first kappa shape index (κ1) is 16.7. The summed E-state index contributed by atoms with van der Waals surface area (Å²) in [6.45, 7) is 9.14. The Morgan fingerprint density at radius 2 is 1.74 bits per heavy atom. The minimum absolute atomic E-state index is 0.736. The van der Waals surface area contributed by atoms with E-state index in [4.69, 9.17) is 0 Å². The highest BCUT2D eigenvalue weighted by Crippen LogP contribution is 2.26. The molecule has 0 aliphatic carbocycles. The fraction of sp³-hybridized carbons (Fsp3) is 0.647. The molecule has 0 radical (unpaired) electrons. The third kappa shape index (κ3) is 5.66. The van der Waals surface area contributed by atoms with Gasteiger partial charge < -0.3 is 5.32 Å². The van der Waals surface area contributed by atoms with Crippen molar-refractivity contribution in [2.45, 2.75) is 46.5 Å². The lowest BCUT2D eigenvalue weighted by atomic mass is 9.83. The third-order valence-electron chi connectivity index (χ3n) is 3.99. The molecular formula is C17H28BrN. The van der Waals surface area contributed by atoms with E-state index in [1.165, 1.54) is 35.7 Å². The van der Waals surface area contributed by atoms with Gasteiger partial charge in [0.15, 0.2) is 0 Å². The molecule has 0 fully saturated rings. The van der Waals surface area contributed by atoms with Gasteiger partial charge in [-0.05, 0) is 49.4 Å². The van der Waals surface area contributed by atoms with Crippen molar-refractivity contribution < 1.29 is 0 Å². The van der Waals surface area contributed by atoms with Gasteiger partial charge >= 0.3 is 0 Å². The monoisotopic (exact) mass is 325 g/mol. The second-order valence-electron chi connectivity index (χ2n) is 5.34. The summed E-state index contributed by atoms with van der Waals surface area (Å²) in [5.74, 6) is 1.55. The first-order valence-corrected chi connectivity index (χ1v) is 8.46. The predicted octanol–water partition coefficient (Wildman–Crippen LogP) is 5.04. The van der Waals surface area contributed by atoms with Gasteiger partial charge in [0.05, 0.1) is 0 Å². The average molecular weight is 326 g/mol. The van der Waals surface area contributed by atoms with Crippen LogP contribution >= 0.6 is 15.9 Å². The van der Waals surface area contributed by atoms with Gasteiger partial charge in [-0.25, -0.2) is 0 Å². The Hall–Kier alpha value is -0.340. The van der Waals surface area contributed by atoms with Crippen LogP contribution in [0, 0.1) is 11.8 Å². The Bertz CT molecular complexity index is 347. The van der Waals surface area contributed by atoms with Crippen LogP contribution in [0.1, 0.15) is 45.6 Å². The van der Waals surface area contributed by atoms with E-state index in [2.05, 4.69) is 66.3 Å². The van der Waals surface area contributed by atoms with E-state index >= 15 is 0 Å². The van der Waals surface area contributed by atoms with Crippen molar-refractivity contribution in [3.05, 3.63) is 34.3 Å². The summed E-state index contributed by atoms with van der Waals surface area (Å²) in [5, 5.41) is 3.61. The van der Waals surface area contributed by atoms with E-state index in [0.29, 0.717) is 0 Å². The summed E-state index contributed by atoms with van der Waals surface area (Å²) >= 11 is 3.68. The molecule has 0 amide bonds. The van der Waals surface area contributed by atoms with Crippen LogP contribution in [0.5, 0.6) is 0 Å². The maximum absolute atomic E-state index is 3.68. The highest BCUT2D eigenvalue weighted by molar-refractivity contribution is 9.10. The molecule has 19 heavy (non-hydrogen) atoms. The summed E-state index contributed by atoms with van der Waals surface area (Å²) in [4.78, 5) is 0. The van der Waals surface area contributed by atoms with Crippen molar-refractivity contribution in [1.29, 1.82) is 0 Å². The number of hydrogen-bond donors (Lipinski definition) is 1. The van der Waals surface area contributed by atoms with Gasteiger partial charge in [0.25, 0.3) is 0 Å². The molecule has 0 bridgehead atoms. The van der Waals surface area contributed by atoms with E-state index in [9.17, 15) is 0 Å². The first-order chi connectivity index (χ1) is 9.22. The summed E-state index contributed by atoms with van der Waals surface area (Å²) in [7, 11) is 0. The lowest BCUT2D eigenvalue weighted by molar-refractivity contribution is 0.298. The Morgan fingerprint density at radius 3 is 2.32 bits per heavy atom. The van der Waals surface area contributed by atoms with E-state index in [1.54, 1.807) is 0 Å². The first-order valence-electron chi connectivity index (χ1n) is 7.66. The quantitative estimate of drug-likeness (QED) is 0.627. The molecule has 108 valence electrons. The minimum Gasteiger partial charge on any atom is -0.316 e. The predicted molar refractivity (Wildman–Crippen MR) is 88.6 cm³/mol. The van der Waals surface area contributed by atoms with Gasteiger partial charge in [-0.3, -0.25) is 0 Å². The van der Waals surface area contributed by atoms with Gasteiger partial charge in [0.1, 0.15) is 0 Å². The van der Waals surface area contributed by atoms with Crippen molar-refractivity contribution in [2.24, 2.45) is 11.8 Å². The maximum atomic E-state index is 3.68. The molecule has 1 nitrogen and oxygen atoms in total. The van der Waals surface area contributed by atoms with Crippen LogP contribution in [0.2, 0.25) is 0 Å². The summed E-state index contributed by atoms with van der Waals surface area (Å²) < 4.78 is 1.25. The molecule has 0 spiro atoms. The number of nitrogens with one attached hydrogen (secondary N) is 1. The molecule has 1 unspecified atom stereocenters. The van der Waals surface area contributed by atoms with Gasteiger partial charge in [0.2, 0.25) is 0 Å². The molecular weight excluding hydrogens is 298 g/mol. The molecule has 1 atom stereocenters. The fourth-order valence-corrected chi connectivity index (χ4v) is 3.22. The average Bonchev–Trinajstić information content (AvgIpc) is 2.42. The molecule has 0 aliphatic heterocycles. The van der Waals surface area contributed by atoms with Crippen LogP contribution in [-0.4, -0.2) is 13.1 Å². The van der Waals surface area contributed by atoms with Gasteiger partial charge in [0, 0.05) is 4.47 Å². The molecule has 1 rings (SSSR count). The summed E-state index contributed by atoms with van der Waals surface area (Å²) in [6.07, 6.45) is 4.94. The molecule has 0 heterocycles. The van der Waals surface area contributed by atoms with Crippen LogP contribution in [-0.2, 0) is 6.42 Å². The molecule has 1 N–H and O–H groups in total. The smallest absolute Gasteiger partial charge is 0.0207 e. The largest absolute Gasteiger partial charge is 0.316 e. The summed E-state index contributed by atoms with van der Waals surface area (Å²) in [6, 6.07) is 8.64. The van der Waals surface area contributed by atoms with Crippen molar-refractivity contribution in [3.8, 4) is 0 Å². The molecule has 1 aromatic rings. The zero-order valence-electron chi connectivity index (χ0n) is 12.6. The third-order valence-corrected chi connectivity index (χ3v) is 4.76. The lowest BCUT2D eigenvalue weighted by Crippen LogP contribution is -2.30. The normalized spacial score (nSPS) is 12.9. The SMILES string of the molecule is CCCNCC(Cc1ccccc1Br)C(CC)CC. The Morgan fingerprint density at radius 1 is 1.05 bits per heavy atom.